The van der Waals surface area contributed by atoms with Crippen LogP contribution in [-0.4, -0.2) is 14.9 Å². The molecule has 0 fully saturated rings. The Hall–Kier alpha value is -1.62. The van der Waals surface area contributed by atoms with Crippen molar-refractivity contribution in [2.75, 3.05) is 0 Å². The van der Waals surface area contributed by atoms with Gasteiger partial charge >= 0.3 is 0 Å². The van der Waals surface area contributed by atoms with Gasteiger partial charge in [0, 0.05) is 25.9 Å². The lowest BCUT2D eigenvalue weighted by atomic mass is 10.4. The Labute approximate surface area is 81.7 Å². The van der Waals surface area contributed by atoms with Crippen LogP contribution in [0, 0.1) is 0 Å². The molecule has 0 aliphatic carbocycles. The second kappa shape index (κ2) is 4.06. The van der Waals surface area contributed by atoms with Crippen molar-refractivity contribution in [3.8, 4) is 0 Å². The van der Waals surface area contributed by atoms with Crippen LogP contribution in [0.4, 0.5) is 0 Å². The number of hydrogen-bond donors (Lipinski definition) is 1. The van der Waals surface area contributed by atoms with Crippen LogP contribution in [0.1, 0.15) is 11.5 Å². The molecule has 0 aromatic carbocycles. The van der Waals surface area contributed by atoms with Crippen molar-refractivity contribution in [1.29, 1.82) is 0 Å². The van der Waals surface area contributed by atoms with E-state index in [9.17, 15) is 0 Å². The first-order valence-corrected chi connectivity index (χ1v) is 4.43. The minimum absolute atomic E-state index is 0.686. The van der Waals surface area contributed by atoms with E-state index in [1.165, 1.54) is 0 Å². The lowest BCUT2D eigenvalue weighted by Crippen LogP contribution is -2.14. The van der Waals surface area contributed by atoms with E-state index in [0.717, 1.165) is 18.0 Å². The zero-order valence-corrected chi connectivity index (χ0v) is 7.97. The summed E-state index contributed by atoms with van der Waals surface area (Å²) >= 11 is 0. The topological polar surface area (TPSA) is 55.9 Å². The molecule has 2 rings (SSSR count). The van der Waals surface area contributed by atoms with Crippen LogP contribution in [0.3, 0.4) is 0 Å². The second-order valence-corrected chi connectivity index (χ2v) is 3.03. The fourth-order valence-electron chi connectivity index (χ4n) is 1.22. The summed E-state index contributed by atoms with van der Waals surface area (Å²) in [6.07, 6.45) is 3.42. The van der Waals surface area contributed by atoms with Crippen LogP contribution in [0.15, 0.2) is 29.0 Å². The van der Waals surface area contributed by atoms with Gasteiger partial charge in [-0.1, -0.05) is 5.16 Å². The van der Waals surface area contributed by atoms with Crippen molar-refractivity contribution in [3.63, 3.8) is 0 Å². The van der Waals surface area contributed by atoms with Gasteiger partial charge in [-0.05, 0) is 6.07 Å². The first-order chi connectivity index (χ1) is 6.86. The van der Waals surface area contributed by atoms with E-state index in [1.54, 1.807) is 12.4 Å². The first-order valence-electron chi connectivity index (χ1n) is 4.43. The summed E-state index contributed by atoms with van der Waals surface area (Å²) in [6.45, 7) is 1.46. The smallest absolute Gasteiger partial charge is 0.150 e. The summed E-state index contributed by atoms with van der Waals surface area (Å²) in [7, 11) is 1.92. The van der Waals surface area contributed by atoms with Gasteiger partial charge < -0.3 is 9.84 Å². The highest BCUT2D eigenvalue weighted by Crippen LogP contribution is 1.98. The molecular formula is C9H12N4O. The third-order valence-corrected chi connectivity index (χ3v) is 2.02. The molecule has 0 aliphatic rings. The molecule has 14 heavy (non-hydrogen) atoms. The SMILES string of the molecule is Cn1nccc1CNCc1ccno1. The van der Waals surface area contributed by atoms with Gasteiger partial charge in [0.25, 0.3) is 0 Å². The van der Waals surface area contributed by atoms with Crippen LogP contribution in [-0.2, 0) is 20.1 Å². The van der Waals surface area contributed by atoms with E-state index in [1.807, 2.05) is 23.9 Å². The monoisotopic (exact) mass is 192 g/mol. The quantitative estimate of drug-likeness (QED) is 0.774. The molecule has 0 saturated carbocycles. The average molecular weight is 192 g/mol. The molecule has 74 valence electrons. The van der Waals surface area contributed by atoms with E-state index in [4.69, 9.17) is 4.52 Å². The number of aromatic nitrogens is 3. The largest absolute Gasteiger partial charge is 0.360 e. The Morgan fingerprint density at radius 1 is 1.36 bits per heavy atom. The Morgan fingerprint density at radius 2 is 2.29 bits per heavy atom. The van der Waals surface area contributed by atoms with Crippen LogP contribution in [0.5, 0.6) is 0 Å². The van der Waals surface area contributed by atoms with Gasteiger partial charge in [-0.15, -0.1) is 0 Å². The van der Waals surface area contributed by atoms with Gasteiger partial charge in [0.2, 0.25) is 0 Å². The first kappa shape index (κ1) is 8.96. The molecular weight excluding hydrogens is 180 g/mol. The summed E-state index contributed by atoms with van der Waals surface area (Å²) in [5.41, 5.74) is 1.14. The fourth-order valence-corrected chi connectivity index (χ4v) is 1.22. The van der Waals surface area contributed by atoms with Crippen molar-refractivity contribution in [1.82, 2.24) is 20.3 Å². The van der Waals surface area contributed by atoms with E-state index in [2.05, 4.69) is 15.6 Å². The molecule has 0 bridgehead atoms. The van der Waals surface area contributed by atoms with Crippen LogP contribution in [0.25, 0.3) is 0 Å². The van der Waals surface area contributed by atoms with E-state index in [0.29, 0.717) is 6.54 Å². The predicted molar refractivity (Wildman–Crippen MR) is 50.3 cm³/mol. The Bertz CT molecular complexity index is 379. The van der Waals surface area contributed by atoms with Crippen LogP contribution in [0.2, 0.25) is 0 Å². The molecule has 2 heterocycles. The molecule has 5 heteroatoms. The number of aryl methyl sites for hydroxylation is 1. The maximum atomic E-state index is 4.95. The predicted octanol–water partition coefficient (Wildman–Crippen LogP) is 0.698. The molecule has 0 spiro atoms. The van der Waals surface area contributed by atoms with Gasteiger partial charge in [0.1, 0.15) is 5.76 Å². The van der Waals surface area contributed by atoms with E-state index < -0.39 is 0 Å². The van der Waals surface area contributed by atoms with Gasteiger partial charge in [-0.2, -0.15) is 5.10 Å². The molecule has 2 aromatic rings. The third-order valence-electron chi connectivity index (χ3n) is 2.02. The summed E-state index contributed by atoms with van der Waals surface area (Å²) in [5.74, 6) is 0.840. The molecule has 0 amide bonds. The number of nitrogens with one attached hydrogen (secondary N) is 1. The highest BCUT2D eigenvalue weighted by molar-refractivity contribution is 5.00. The normalized spacial score (nSPS) is 10.6. The summed E-state index contributed by atoms with van der Waals surface area (Å²) in [6, 6.07) is 3.82. The zero-order valence-electron chi connectivity index (χ0n) is 7.97. The summed E-state index contributed by atoms with van der Waals surface area (Å²) in [5, 5.41) is 10.9. The van der Waals surface area contributed by atoms with Crippen molar-refractivity contribution >= 4 is 0 Å². The molecule has 2 aromatic heterocycles. The third kappa shape index (κ3) is 2.00. The standard InChI is InChI=1S/C9H12N4O/c1-13-8(2-4-11-13)6-10-7-9-3-5-12-14-9/h2-5,10H,6-7H2,1H3. The molecule has 5 nitrogen and oxygen atoms in total. The summed E-state index contributed by atoms with van der Waals surface area (Å²) in [4.78, 5) is 0. The minimum Gasteiger partial charge on any atom is -0.360 e. The van der Waals surface area contributed by atoms with Gasteiger partial charge in [-0.3, -0.25) is 4.68 Å². The maximum absolute atomic E-state index is 4.95. The number of rotatable bonds is 4. The molecule has 0 radical (unpaired) electrons. The average Bonchev–Trinajstić information content (AvgIpc) is 2.78. The molecule has 0 unspecified atom stereocenters. The summed E-state index contributed by atoms with van der Waals surface area (Å²) < 4.78 is 6.79. The van der Waals surface area contributed by atoms with Crippen molar-refractivity contribution < 1.29 is 4.52 Å². The van der Waals surface area contributed by atoms with Gasteiger partial charge in [0.05, 0.1) is 18.4 Å². The minimum atomic E-state index is 0.686. The Balaban J connectivity index is 1.81. The van der Waals surface area contributed by atoms with Crippen molar-refractivity contribution in [2.24, 2.45) is 7.05 Å². The van der Waals surface area contributed by atoms with E-state index >= 15 is 0 Å². The maximum Gasteiger partial charge on any atom is 0.150 e. The van der Waals surface area contributed by atoms with Crippen molar-refractivity contribution in [3.05, 3.63) is 36.0 Å². The van der Waals surface area contributed by atoms with Crippen LogP contribution < -0.4 is 5.32 Å². The van der Waals surface area contributed by atoms with E-state index in [-0.39, 0.29) is 0 Å². The lowest BCUT2D eigenvalue weighted by Gasteiger charge is -2.02. The molecule has 1 N–H and O–H groups in total. The highest BCUT2D eigenvalue weighted by Gasteiger charge is 1.99. The van der Waals surface area contributed by atoms with Crippen molar-refractivity contribution in [2.45, 2.75) is 13.1 Å². The molecule has 0 atom stereocenters. The lowest BCUT2D eigenvalue weighted by molar-refractivity contribution is 0.372. The second-order valence-electron chi connectivity index (χ2n) is 3.03. The van der Waals surface area contributed by atoms with Gasteiger partial charge in [0.15, 0.2) is 0 Å². The molecule has 0 aliphatic heterocycles. The Kier molecular flexibility index (Phi) is 2.60. The molecule has 0 saturated heterocycles. The van der Waals surface area contributed by atoms with Crippen LogP contribution >= 0.6 is 0 Å². The Morgan fingerprint density at radius 3 is 2.93 bits per heavy atom. The fraction of sp³-hybridized carbons (Fsp3) is 0.333. The number of nitrogens with zero attached hydrogens (tertiary/aromatic N) is 3. The highest BCUT2D eigenvalue weighted by atomic mass is 16.5. The number of hydrogen-bond acceptors (Lipinski definition) is 4. The zero-order chi connectivity index (χ0) is 9.80. The van der Waals surface area contributed by atoms with Gasteiger partial charge in [-0.25, -0.2) is 0 Å².